The molecule has 1 amide bonds. The van der Waals surface area contributed by atoms with Crippen LogP contribution in [0.1, 0.15) is 18.2 Å². The number of nitrogens with zero attached hydrogens (tertiary/aromatic N) is 3. The van der Waals surface area contributed by atoms with E-state index >= 15 is 0 Å². The van der Waals surface area contributed by atoms with Crippen molar-refractivity contribution in [2.45, 2.75) is 20.0 Å². The first-order chi connectivity index (χ1) is 12.2. The Balaban J connectivity index is 2.17. The van der Waals surface area contributed by atoms with Crippen LogP contribution in [0, 0.1) is 12.7 Å². The van der Waals surface area contributed by atoms with Crippen LogP contribution < -0.4 is 0 Å². The van der Waals surface area contributed by atoms with Crippen LogP contribution >= 0.6 is 11.6 Å². The molecular formula is C18H19ClFN3O3. The van der Waals surface area contributed by atoms with Gasteiger partial charge in [0.1, 0.15) is 11.0 Å². The number of aromatic nitrogens is 2. The van der Waals surface area contributed by atoms with Crippen molar-refractivity contribution in [2.75, 3.05) is 14.1 Å². The topological polar surface area (TPSA) is 64.4 Å². The predicted octanol–water partition coefficient (Wildman–Crippen LogP) is 3.01. The summed E-state index contributed by atoms with van der Waals surface area (Å²) in [4.78, 5) is 25.0. The fourth-order valence-electron chi connectivity index (χ4n) is 2.23. The molecule has 26 heavy (non-hydrogen) atoms. The maximum Gasteiger partial charge on any atom is 0.331 e. The van der Waals surface area contributed by atoms with E-state index in [0.717, 1.165) is 0 Å². The Labute approximate surface area is 155 Å². The standard InChI is InChI=1S/C18H19ClFN3O3/c1-11-15(9-10-16(24)26-12(2)18(25)22(3)4)17(19)23(21-11)14-7-5-13(20)6-8-14/h5-10,12H,1-4H3/b10-9+/t12-/m0/s1. The molecule has 0 N–H and O–H groups in total. The number of hydrogen-bond donors (Lipinski definition) is 0. The van der Waals surface area contributed by atoms with E-state index in [1.54, 1.807) is 33.2 Å². The van der Waals surface area contributed by atoms with E-state index in [-0.39, 0.29) is 16.9 Å². The van der Waals surface area contributed by atoms with Gasteiger partial charge in [-0.05, 0) is 44.2 Å². The van der Waals surface area contributed by atoms with E-state index in [9.17, 15) is 14.0 Å². The minimum Gasteiger partial charge on any atom is -0.449 e. The second-order valence-electron chi connectivity index (χ2n) is 5.82. The van der Waals surface area contributed by atoms with Gasteiger partial charge in [0.05, 0.1) is 11.4 Å². The normalized spacial score (nSPS) is 12.2. The van der Waals surface area contributed by atoms with Crippen molar-refractivity contribution < 1.29 is 18.7 Å². The molecule has 0 spiro atoms. The fourth-order valence-corrected chi connectivity index (χ4v) is 2.57. The van der Waals surface area contributed by atoms with E-state index in [1.807, 2.05) is 0 Å². The van der Waals surface area contributed by atoms with E-state index < -0.39 is 12.1 Å². The SMILES string of the molecule is Cc1nn(-c2ccc(F)cc2)c(Cl)c1/C=C/C(=O)O[C@@H](C)C(=O)N(C)C. The summed E-state index contributed by atoms with van der Waals surface area (Å²) in [6.07, 6.45) is 1.77. The number of halogens is 2. The Morgan fingerprint density at radius 2 is 1.92 bits per heavy atom. The zero-order valence-electron chi connectivity index (χ0n) is 14.9. The number of carbonyl (C=O) groups excluding carboxylic acids is 2. The lowest BCUT2D eigenvalue weighted by atomic mass is 10.2. The van der Waals surface area contributed by atoms with Crippen LogP contribution in [-0.2, 0) is 14.3 Å². The molecule has 0 aliphatic heterocycles. The molecule has 1 heterocycles. The van der Waals surface area contributed by atoms with Gasteiger partial charge in [0.2, 0.25) is 0 Å². The lowest BCUT2D eigenvalue weighted by Crippen LogP contribution is -2.34. The molecule has 8 heteroatoms. The van der Waals surface area contributed by atoms with Crippen molar-refractivity contribution in [2.24, 2.45) is 0 Å². The Morgan fingerprint density at radius 3 is 2.50 bits per heavy atom. The largest absolute Gasteiger partial charge is 0.449 e. The summed E-state index contributed by atoms with van der Waals surface area (Å²) >= 11 is 6.33. The highest BCUT2D eigenvalue weighted by atomic mass is 35.5. The van der Waals surface area contributed by atoms with Crippen molar-refractivity contribution >= 4 is 29.6 Å². The van der Waals surface area contributed by atoms with Crippen LogP contribution in [0.25, 0.3) is 11.8 Å². The van der Waals surface area contributed by atoms with Gasteiger partial charge in [-0.2, -0.15) is 5.10 Å². The molecule has 138 valence electrons. The molecule has 1 atom stereocenters. The van der Waals surface area contributed by atoms with Gasteiger partial charge in [0, 0.05) is 25.7 Å². The molecule has 1 aromatic carbocycles. The number of likely N-dealkylation sites (N-methyl/N-ethyl adjacent to an activating group) is 1. The first kappa shape index (κ1) is 19.7. The van der Waals surface area contributed by atoms with Crippen LogP contribution in [0.15, 0.2) is 30.3 Å². The average Bonchev–Trinajstić information content (AvgIpc) is 2.87. The van der Waals surface area contributed by atoms with Crippen molar-refractivity contribution in [1.29, 1.82) is 0 Å². The van der Waals surface area contributed by atoms with Gasteiger partial charge < -0.3 is 9.64 Å². The van der Waals surface area contributed by atoms with Gasteiger partial charge >= 0.3 is 5.97 Å². The molecule has 6 nitrogen and oxygen atoms in total. The first-order valence-corrected chi connectivity index (χ1v) is 8.19. The summed E-state index contributed by atoms with van der Waals surface area (Å²) < 4.78 is 19.6. The van der Waals surface area contributed by atoms with Crippen molar-refractivity contribution in [3.05, 3.63) is 52.6 Å². The second kappa shape index (κ2) is 8.14. The van der Waals surface area contributed by atoms with Crippen molar-refractivity contribution in [3.63, 3.8) is 0 Å². The molecule has 0 aliphatic rings. The Kier molecular flexibility index (Phi) is 6.15. The number of aryl methyl sites for hydroxylation is 1. The molecule has 0 radical (unpaired) electrons. The molecular weight excluding hydrogens is 361 g/mol. The third kappa shape index (κ3) is 4.49. The molecule has 0 saturated carbocycles. The molecule has 0 bridgehead atoms. The molecule has 0 aliphatic carbocycles. The van der Waals surface area contributed by atoms with Crippen LogP contribution in [0.2, 0.25) is 5.15 Å². The third-order valence-electron chi connectivity index (χ3n) is 3.59. The van der Waals surface area contributed by atoms with Crippen LogP contribution in [0.5, 0.6) is 0 Å². The van der Waals surface area contributed by atoms with Crippen LogP contribution in [0.4, 0.5) is 4.39 Å². The lowest BCUT2D eigenvalue weighted by Gasteiger charge is -2.16. The maximum absolute atomic E-state index is 13.1. The Morgan fingerprint density at radius 1 is 1.31 bits per heavy atom. The smallest absolute Gasteiger partial charge is 0.331 e. The Bertz CT molecular complexity index is 844. The summed E-state index contributed by atoms with van der Waals surface area (Å²) in [5.74, 6) is -1.35. The van der Waals surface area contributed by atoms with Gasteiger partial charge in [-0.3, -0.25) is 4.79 Å². The number of esters is 1. The van der Waals surface area contributed by atoms with Crippen molar-refractivity contribution in [1.82, 2.24) is 14.7 Å². The summed E-state index contributed by atoms with van der Waals surface area (Å²) in [6.45, 7) is 3.23. The van der Waals surface area contributed by atoms with Gasteiger partial charge in [0.15, 0.2) is 6.10 Å². The van der Waals surface area contributed by atoms with Gasteiger partial charge in [-0.15, -0.1) is 0 Å². The van der Waals surface area contributed by atoms with Gasteiger partial charge in [-0.25, -0.2) is 13.9 Å². The van der Waals surface area contributed by atoms with E-state index in [4.69, 9.17) is 16.3 Å². The number of carbonyl (C=O) groups is 2. The summed E-state index contributed by atoms with van der Waals surface area (Å²) in [7, 11) is 3.16. The summed E-state index contributed by atoms with van der Waals surface area (Å²) in [5.41, 5.74) is 1.70. The minimum atomic E-state index is -0.888. The number of rotatable bonds is 5. The molecule has 0 fully saturated rings. The second-order valence-corrected chi connectivity index (χ2v) is 6.18. The maximum atomic E-state index is 13.1. The fraction of sp³-hybridized carbons (Fsp3) is 0.278. The van der Waals surface area contributed by atoms with Crippen LogP contribution in [-0.4, -0.2) is 46.8 Å². The Hall–Kier alpha value is -2.67. The van der Waals surface area contributed by atoms with E-state index in [0.29, 0.717) is 16.9 Å². The number of hydrogen-bond acceptors (Lipinski definition) is 4. The monoisotopic (exact) mass is 379 g/mol. The third-order valence-corrected chi connectivity index (χ3v) is 3.95. The van der Waals surface area contributed by atoms with Gasteiger partial charge in [-0.1, -0.05) is 11.6 Å². The molecule has 2 rings (SSSR count). The number of benzene rings is 1. The molecule has 0 unspecified atom stereocenters. The molecule has 2 aromatic rings. The highest BCUT2D eigenvalue weighted by Crippen LogP contribution is 2.24. The summed E-state index contributed by atoms with van der Waals surface area (Å²) in [5, 5.41) is 4.57. The number of amides is 1. The lowest BCUT2D eigenvalue weighted by molar-refractivity contribution is -0.153. The first-order valence-electron chi connectivity index (χ1n) is 7.81. The van der Waals surface area contributed by atoms with E-state index in [2.05, 4.69) is 5.10 Å². The predicted molar refractivity (Wildman–Crippen MR) is 96.6 cm³/mol. The number of ether oxygens (including phenoxy) is 1. The minimum absolute atomic E-state index is 0.274. The van der Waals surface area contributed by atoms with Crippen molar-refractivity contribution in [3.8, 4) is 5.69 Å². The van der Waals surface area contributed by atoms with E-state index in [1.165, 1.54) is 40.8 Å². The zero-order chi connectivity index (χ0) is 19.4. The van der Waals surface area contributed by atoms with Gasteiger partial charge in [0.25, 0.3) is 5.91 Å². The summed E-state index contributed by atoms with van der Waals surface area (Å²) in [6, 6.07) is 5.70. The highest BCUT2D eigenvalue weighted by Gasteiger charge is 2.18. The molecule has 0 saturated heterocycles. The highest BCUT2D eigenvalue weighted by molar-refractivity contribution is 6.31. The quantitative estimate of drug-likeness (QED) is 0.591. The molecule has 1 aromatic heterocycles. The average molecular weight is 380 g/mol. The zero-order valence-corrected chi connectivity index (χ0v) is 15.6. The van der Waals surface area contributed by atoms with Crippen LogP contribution in [0.3, 0.4) is 0 Å².